The lowest BCUT2D eigenvalue weighted by Gasteiger charge is -2.35. The van der Waals surface area contributed by atoms with Gasteiger partial charge in [0.1, 0.15) is 0 Å². The summed E-state index contributed by atoms with van der Waals surface area (Å²) in [5.74, 6) is 1.74. The van der Waals surface area contributed by atoms with Crippen molar-refractivity contribution in [1.29, 1.82) is 0 Å². The van der Waals surface area contributed by atoms with E-state index in [0.29, 0.717) is 74.4 Å². The zero-order chi connectivity index (χ0) is 57.7. The topological polar surface area (TPSA) is 88.5 Å². The van der Waals surface area contributed by atoms with Crippen LogP contribution in [-0.2, 0) is 6.61 Å². The number of aliphatic hydroxyl groups is 1. The van der Waals surface area contributed by atoms with Gasteiger partial charge in [0.05, 0.1) is 26.4 Å². The number of hydrogen-bond acceptors (Lipinski definition) is 6. The Hall–Kier alpha value is -3.26. The van der Waals surface area contributed by atoms with Crippen LogP contribution in [0.4, 0.5) is 0 Å². The van der Waals surface area contributed by atoms with Crippen LogP contribution in [0, 0.1) is 0 Å². The van der Waals surface area contributed by atoms with Crippen LogP contribution in [-0.4, -0.2) is 72.7 Å². The molecule has 0 radical (unpaired) electrons. The number of hydrogen-bond donors (Lipinski definition) is 1. The monoisotopic (exact) mass is 1130 g/mol. The fourth-order valence-corrected chi connectivity index (χ4v) is 11.8. The predicted octanol–water partition coefficient (Wildman–Crippen LogP) is 21.7. The average Bonchev–Trinajstić information content (AvgIpc) is 3.50. The van der Waals surface area contributed by atoms with Crippen molar-refractivity contribution in [3.05, 3.63) is 53.1 Å². The third-order valence-corrected chi connectivity index (χ3v) is 17.3. The molecule has 3 rings (SSSR count). The van der Waals surface area contributed by atoms with E-state index in [9.17, 15) is 14.7 Å². The van der Waals surface area contributed by atoms with Crippen molar-refractivity contribution in [2.45, 2.75) is 336 Å². The summed E-state index contributed by atoms with van der Waals surface area (Å²) in [5, 5.41) is 9.50. The van der Waals surface area contributed by atoms with Gasteiger partial charge in [-0.3, -0.25) is 9.59 Å². The number of unbranched alkanes of at least 4 members (excludes halogenated alkanes) is 45. The summed E-state index contributed by atoms with van der Waals surface area (Å²) in [5.41, 5.74) is 1.92. The Morgan fingerprint density at radius 3 is 0.827 bits per heavy atom. The highest BCUT2D eigenvalue weighted by atomic mass is 16.5. The average molecular weight is 1130 g/mol. The molecule has 1 fully saturated rings. The van der Waals surface area contributed by atoms with Gasteiger partial charge >= 0.3 is 0 Å². The number of nitrogens with zero attached hydrogens (tertiary/aromatic N) is 2. The summed E-state index contributed by atoms with van der Waals surface area (Å²) in [6.07, 6.45) is 63.7. The van der Waals surface area contributed by atoms with E-state index in [-0.39, 0.29) is 18.4 Å². The molecule has 81 heavy (non-hydrogen) atoms. The maximum Gasteiger partial charge on any atom is 0.254 e. The molecule has 2 amide bonds. The highest BCUT2D eigenvalue weighted by Crippen LogP contribution is 2.40. The van der Waals surface area contributed by atoms with Crippen LogP contribution in [0.3, 0.4) is 0 Å². The lowest BCUT2D eigenvalue weighted by molar-refractivity contribution is 0.0535. The van der Waals surface area contributed by atoms with Crippen molar-refractivity contribution in [3.8, 4) is 17.2 Å². The standard InChI is InChI=1S/C73H128N2O6/c1-4-7-10-13-16-19-22-25-28-31-34-37-40-43-46-49-60-79-69-63-68(73(78)75-58-56-74(57-59-75)72(77)67-54-52-66(65-76)53-55-67)64-70(80-61-50-47-44-41-38-35-32-29-26-23-20-17-14-11-8-5-2)71(69)81-62-51-48-45-42-39-36-33-30-27-24-21-18-15-12-9-6-3/h52-55,63-64,76H,4-51,56-62,65H2,1-3H3. The third-order valence-electron chi connectivity index (χ3n) is 17.3. The van der Waals surface area contributed by atoms with Crippen molar-refractivity contribution < 1.29 is 28.9 Å². The molecular formula is C73H128N2O6. The molecule has 1 heterocycles. The van der Waals surface area contributed by atoms with Crippen LogP contribution >= 0.6 is 0 Å². The molecule has 0 saturated carbocycles. The van der Waals surface area contributed by atoms with E-state index < -0.39 is 0 Å². The smallest absolute Gasteiger partial charge is 0.254 e. The molecule has 1 N–H and O–H groups in total. The van der Waals surface area contributed by atoms with Crippen LogP contribution in [0.1, 0.15) is 355 Å². The quantitative estimate of drug-likeness (QED) is 0.0664. The minimum atomic E-state index is -0.0710. The lowest BCUT2D eigenvalue weighted by Crippen LogP contribution is -2.50. The minimum absolute atomic E-state index is 0.0491. The summed E-state index contributed by atoms with van der Waals surface area (Å²) in [4.78, 5) is 31.6. The second kappa shape index (κ2) is 52.3. The Balaban J connectivity index is 1.57. The first-order valence-electron chi connectivity index (χ1n) is 35.4. The first kappa shape index (κ1) is 72.0. The van der Waals surface area contributed by atoms with E-state index in [2.05, 4.69) is 20.8 Å². The van der Waals surface area contributed by atoms with Gasteiger partial charge in [0.15, 0.2) is 11.5 Å². The summed E-state index contributed by atoms with van der Waals surface area (Å²) < 4.78 is 20.0. The van der Waals surface area contributed by atoms with Gasteiger partial charge in [0.2, 0.25) is 5.75 Å². The number of benzene rings is 2. The normalized spacial score (nSPS) is 12.6. The van der Waals surface area contributed by atoms with Crippen LogP contribution < -0.4 is 14.2 Å². The van der Waals surface area contributed by atoms with Gasteiger partial charge in [-0.25, -0.2) is 0 Å². The summed E-state index contributed by atoms with van der Waals surface area (Å²) in [6.45, 7) is 10.4. The SMILES string of the molecule is CCCCCCCCCCCCCCCCCCOc1cc(C(=O)N2CCN(C(=O)c3ccc(CO)cc3)CC2)cc(OCCCCCCCCCCCCCCCCCC)c1OCCCCCCCCCCCCCCCCCC. The van der Waals surface area contributed by atoms with Crippen LogP contribution in [0.15, 0.2) is 36.4 Å². The first-order valence-corrected chi connectivity index (χ1v) is 35.4. The fourth-order valence-electron chi connectivity index (χ4n) is 11.8. The summed E-state index contributed by atoms with van der Waals surface area (Å²) in [6, 6.07) is 10.9. The molecule has 0 unspecified atom stereocenters. The molecular weight excluding hydrogens is 1000 g/mol. The third kappa shape index (κ3) is 36.9. The number of piperazine rings is 1. The zero-order valence-electron chi connectivity index (χ0n) is 53.4. The van der Waals surface area contributed by atoms with Crippen molar-refractivity contribution in [2.75, 3.05) is 46.0 Å². The molecule has 1 saturated heterocycles. The van der Waals surface area contributed by atoms with Gasteiger partial charge in [-0.1, -0.05) is 322 Å². The largest absolute Gasteiger partial charge is 0.490 e. The number of carbonyl (C=O) groups excluding carboxylic acids is 2. The molecule has 2 aromatic rings. The number of amides is 2. The van der Waals surface area contributed by atoms with Crippen LogP contribution in [0.2, 0.25) is 0 Å². The predicted molar refractivity (Wildman–Crippen MR) is 346 cm³/mol. The van der Waals surface area contributed by atoms with Crippen molar-refractivity contribution in [1.82, 2.24) is 9.80 Å². The van der Waals surface area contributed by atoms with Crippen molar-refractivity contribution in [3.63, 3.8) is 0 Å². The fraction of sp³-hybridized carbons (Fsp3) is 0.808. The Morgan fingerprint density at radius 2 is 0.568 bits per heavy atom. The van der Waals surface area contributed by atoms with Crippen LogP contribution in [0.5, 0.6) is 17.2 Å². The van der Waals surface area contributed by atoms with E-state index >= 15 is 0 Å². The van der Waals surface area contributed by atoms with E-state index in [0.717, 1.165) is 44.1 Å². The van der Waals surface area contributed by atoms with E-state index in [1.165, 1.54) is 270 Å². The van der Waals surface area contributed by atoms with Gasteiger partial charge in [-0.05, 0) is 49.1 Å². The summed E-state index contributed by atoms with van der Waals surface area (Å²) in [7, 11) is 0. The van der Waals surface area contributed by atoms with E-state index in [1.807, 2.05) is 21.9 Å². The van der Waals surface area contributed by atoms with Gasteiger partial charge < -0.3 is 29.1 Å². The lowest BCUT2D eigenvalue weighted by atomic mass is 10.0. The molecule has 8 nitrogen and oxygen atoms in total. The van der Waals surface area contributed by atoms with E-state index in [4.69, 9.17) is 14.2 Å². The molecule has 0 aromatic heterocycles. The second-order valence-corrected chi connectivity index (χ2v) is 24.7. The molecule has 8 heteroatoms. The molecule has 0 atom stereocenters. The molecule has 0 spiro atoms. The first-order chi connectivity index (χ1) is 40.0. The Bertz CT molecular complexity index is 1680. The molecule has 1 aliphatic rings. The molecule has 466 valence electrons. The zero-order valence-corrected chi connectivity index (χ0v) is 53.4. The highest BCUT2D eigenvalue weighted by molar-refractivity contribution is 5.97. The van der Waals surface area contributed by atoms with Gasteiger partial charge in [0.25, 0.3) is 11.8 Å². The molecule has 0 bridgehead atoms. The Labute approximate surface area is 500 Å². The molecule has 1 aliphatic heterocycles. The van der Waals surface area contributed by atoms with Crippen LogP contribution in [0.25, 0.3) is 0 Å². The number of aliphatic hydroxyl groups excluding tert-OH is 1. The number of rotatable bonds is 57. The second-order valence-electron chi connectivity index (χ2n) is 24.7. The van der Waals surface area contributed by atoms with Gasteiger partial charge in [-0.15, -0.1) is 0 Å². The van der Waals surface area contributed by atoms with Crippen molar-refractivity contribution in [2.24, 2.45) is 0 Å². The van der Waals surface area contributed by atoms with Gasteiger partial charge in [-0.2, -0.15) is 0 Å². The molecule has 2 aromatic carbocycles. The number of carbonyl (C=O) groups is 2. The maximum absolute atomic E-state index is 14.5. The van der Waals surface area contributed by atoms with Crippen molar-refractivity contribution >= 4 is 11.8 Å². The summed E-state index contributed by atoms with van der Waals surface area (Å²) >= 11 is 0. The highest BCUT2D eigenvalue weighted by Gasteiger charge is 2.28. The van der Waals surface area contributed by atoms with Gasteiger partial charge in [0, 0.05) is 37.3 Å². The van der Waals surface area contributed by atoms with E-state index in [1.54, 1.807) is 24.3 Å². The minimum Gasteiger partial charge on any atom is -0.490 e. The maximum atomic E-state index is 14.5. The number of ether oxygens (including phenoxy) is 3. The Kier molecular flexibility index (Phi) is 46.5. The molecule has 0 aliphatic carbocycles. The Morgan fingerprint density at radius 1 is 0.333 bits per heavy atom.